The lowest BCUT2D eigenvalue weighted by atomic mass is 10.1. The molecule has 3 N–H and O–H groups in total. The molecule has 0 bridgehead atoms. The van der Waals surface area contributed by atoms with Gasteiger partial charge in [0.2, 0.25) is 5.91 Å². The molecule has 0 aromatic carbocycles. The lowest BCUT2D eigenvalue weighted by Crippen LogP contribution is -2.40. The van der Waals surface area contributed by atoms with Crippen LogP contribution in [0.15, 0.2) is 6.08 Å². The second-order valence-electron chi connectivity index (χ2n) is 4.45. The first-order valence-electron chi connectivity index (χ1n) is 6.19. The lowest BCUT2D eigenvalue weighted by molar-refractivity contribution is -0.141. The van der Waals surface area contributed by atoms with Crippen LogP contribution in [-0.2, 0) is 16.6 Å². The average Bonchev–Trinajstić information content (AvgIpc) is 2.60. The van der Waals surface area contributed by atoms with Crippen molar-refractivity contribution in [2.75, 3.05) is 6.61 Å². The highest BCUT2D eigenvalue weighted by Gasteiger charge is 2.18. The molecule has 1 heterocycles. The van der Waals surface area contributed by atoms with Crippen molar-refractivity contribution in [2.45, 2.75) is 26.3 Å². The van der Waals surface area contributed by atoms with E-state index in [9.17, 15) is 9.59 Å². The molecule has 0 radical (unpaired) electrons. The number of nitrogens with zero attached hydrogens (tertiary/aromatic N) is 2. The number of rotatable bonds is 6. The molecular weight excluding hydrogens is 262 g/mol. The average molecular weight is 281 g/mol. The molecule has 0 fully saturated rings. The van der Waals surface area contributed by atoms with Crippen LogP contribution in [0.25, 0.3) is 6.08 Å². The zero-order valence-corrected chi connectivity index (χ0v) is 11.8. The van der Waals surface area contributed by atoms with Gasteiger partial charge >= 0.3 is 5.97 Å². The van der Waals surface area contributed by atoms with E-state index >= 15 is 0 Å². The first-order valence-corrected chi connectivity index (χ1v) is 6.19. The molecule has 20 heavy (non-hydrogen) atoms. The number of aromatic nitrogens is 2. The lowest BCUT2D eigenvalue weighted by Gasteiger charge is -2.11. The molecule has 0 aliphatic carbocycles. The largest absolute Gasteiger partial charge is 0.480 e. The maximum Gasteiger partial charge on any atom is 0.326 e. The fourth-order valence-corrected chi connectivity index (χ4v) is 1.80. The van der Waals surface area contributed by atoms with Gasteiger partial charge in [-0.25, -0.2) is 4.79 Å². The third-order valence-electron chi connectivity index (χ3n) is 3.00. The van der Waals surface area contributed by atoms with Crippen molar-refractivity contribution in [1.82, 2.24) is 15.1 Å². The number of aliphatic hydroxyl groups is 1. The van der Waals surface area contributed by atoms with Gasteiger partial charge in [0.25, 0.3) is 0 Å². The summed E-state index contributed by atoms with van der Waals surface area (Å²) in [7, 11) is 1.81. The third kappa shape index (κ3) is 3.92. The van der Waals surface area contributed by atoms with Crippen molar-refractivity contribution in [2.24, 2.45) is 7.05 Å². The van der Waals surface area contributed by atoms with Crippen molar-refractivity contribution in [3.63, 3.8) is 0 Å². The number of hydrogen-bond acceptors (Lipinski definition) is 4. The Morgan fingerprint density at radius 2 is 2.10 bits per heavy atom. The van der Waals surface area contributed by atoms with Crippen molar-refractivity contribution in [1.29, 1.82) is 0 Å². The number of carboxylic acid groups (broad SMARTS) is 1. The highest BCUT2D eigenvalue weighted by molar-refractivity contribution is 5.94. The molecule has 0 aliphatic rings. The van der Waals surface area contributed by atoms with Gasteiger partial charge in [0.15, 0.2) is 0 Å². The Kier molecular flexibility index (Phi) is 5.45. The maximum absolute atomic E-state index is 11.7. The first kappa shape index (κ1) is 15.9. The zero-order chi connectivity index (χ0) is 15.3. The van der Waals surface area contributed by atoms with Crippen LogP contribution in [0.2, 0.25) is 0 Å². The number of aryl methyl sites for hydroxylation is 2. The van der Waals surface area contributed by atoms with Crippen molar-refractivity contribution >= 4 is 18.0 Å². The summed E-state index contributed by atoms with van der Waals surface area (Å²) in [6, 6.07) is -1.09. The fraction of sp³-hybridized carbons (Fsp3) is 0.462. The Morgan fingerprint density at radius 3 is 2.55 bits per heavy atom. The summed E-state index contributed by atoms with van der Waals surface area (Å²) >= 11 is 0. The Balaban J connectivity index is 2.74. The Bertz CT molecular complexity index is 534. The Hall–Kier alpha value is -2.15. The number of carboxylic acids is 1. The van der Waals surface area contributed by atoms with E-state index < -0.39 is 17.9 Å². The minimum atomic E-state index is -1.17. The molecule has 110 valence electrons. The van der Waals surface area contributed by atoms with Crippen LogP contribution in [0.4, 0.5) is 0 Å². The fourth-order valence-electron chi connectivity index (χ4n) is 1.80. The van der Waals surface area contributed by atoms with Gasteiger partial charge in [-0.1, -0.05) is 0 Å². The van der Waals surface area contributed by atoms with Crippen molar-refractivity contribution < 1.29 is 19.8 Å². The van der Waals surface area contributed by atoms with E-state index in [0.29, 0.717) is 0 Å². The molecule has 0 spiro atoms. The highest BCUT2D eigenvalue weighted by atomic mass is 16.4. The van der Waals surface area contributed by atoms with E-state index in [1.165, 1.54) is 6.08 Å². The van der Waals surface area contributed by atoms with Crippen LogP contribution >= 0.6 is 0 Å². The number of amides is 1. The van der Waals surface area contributed by atoms with Crippen molar-refractivity contribution in [3.8, 4) is 0 Å². The smallest absolute Gasteiger partial charge is 0.326 e. The maximum atomic E-state index is 11.7. The third-order valence-corrected chi connectivity index (χ3v) is 3.00. The minimum Gasteiger partial charge on any atom is -0.480 e. The molecule has 1 amide bonds. The summed E-state index contributed by atoms with van der Waals surface area (Å²) in [5.74, 6) is -1.69. The minimum absolute atomic E-state index is 0.0279. The molecule has 7 heteroatoms. The van der Waals surface area contributed by atoms with Crippen LogP contribution in [0, 0.1) is 13.8 Å². The van der Waals surface area contributed by atoms with Gasteiger partial charge in [0.1, 0.15) is 6.04 Å². The SMILES string of the molecule is Cc1nn(C)c(C)c1/C=C/C(=O)N[C@H](CCO)C(=O)O. The predicted octanol–water partition coefficient (Wildman–Crippen LogP) is 0.00194. The first-order chi connectivity index (χ1) is 9.36. The predicted molar refractivity (Wildman–Crippen MR) is 73.0 cm³/mol. The summed E-state index contributed by atoms with van der Waals surface area (Å²) in [6.45, 7) is 3.40. The highest BCUT2D eigenvalue weighted by Crippen LogP contribution is 2.13. The second kappa shape index (κ2) is 6.85. The van der Waals surface area contributed by atoms with Crippen LogP contribution < -0.4 is 5.32 Å². The van der Waals surface area contributed by atoms with E-state index in [1.807, 2.05) is 13.8 Å². The molecule has 0 saturated heterocycles. The summed E-state index contributed by atoms with van der Waals surface area (Å²) in [5, 5.41) is 24.1. The van der Waals surface area contributed by atoms with Gasteiger partial charge in [-0.15, -0.1) is 0 Å². The van der Waals surface area contributed by atoms with Gasteiger partial charge < -0.3 is 15.5 Å². The van der Waals surface area contributed by atoms with E-state index in [4.69, 9.17) is 10.2 Å². The molecular formula is C13H19N3O4. The molecule has 0 unspecified atom stereocenters. The molecule has 1 rings (SSSR count). The number of hydrogen-bond donors (Lipinski definition) is 3. The summed E-state index contributed by atoms with van der Waals surface area (Å²) < 4.78 is 1.71. The summed E-state index contributed by atoms with van der Waals surface area (Å²) in [5.41, 5.74) is 2.53. The standard InChI is InChI=1S/C13H19N3O4/c1-8-10(9(2)16(3)15-8)4-5-12(18)14-11(6-7-17)13(19)20/h4-5,11,17H,6-7H2,1-3H3,(H,14,18)(H,19,20)/b5-4+/t11-/m1/s1. The summed E-state index contributed by atoms with van der Waals surface area (Å²) in [6.07, 6.45) is 2.84. The van der Waals surface area contributed by atoms with E-state index in [-0.39, 0.29) is 13.0 Å². The molecule has 1 aromatic heterocycles. The van der Waals surface area contributed by atoms with E-state index in [1.54, 1.807) is 17.8 Å². The van der Waals surface area contributed by atoms with Gasteiger partial charge in [-0.3, -0.25) is 9.48 Å². The van der Waals surface area contributed by atoms with Crippen LogP contribution in [0.5, 0.6) is 0 Å². The Labute approximate surface area is 116 Å². The quantitative estimate of drug-likeness (QED) is 0.637. The molecule has 0 aliphatic heterocycles. The topological polar surface area (TPSA) is 104 Å². The molecule has 0 saturated carbocycles. The molecule has 1 atom stereocenters. The molecule has 7 nitrogen and oxygen atoms in total. The van der Waals surface area contributed by atoms with Gasteiger partial charge in [-0.2, -0.15) is 5.10 Å². The van der Waals surface area contributed by atoms with Crippen LogP contribution in [-0.4, -0.2) is 44.5 Å². The number of carbonyl (C=O) groups is 2. The Morgan fingerprint density at radius 1 is 1.45 bits per heavy atom. The van der Waals surface area contributed by atoms with E-state index in [0.717, 1.165) is 17.0 Å². The number of carbonyl (C=O) groups excluding carboxylic acids is 1. The number of nitrogens with one attached hydrogen (secondary N) is 1. The van der Waals surface area contributed by atoms with E-state index in [2.05, 4.69) is 10.4 Å². The van der Waals surface area contributed by atoms with Gasteiger partial charge in [-0.05, 0) is 19.9 Å². The number of aliphatic carboxylic acids is 1. The second-order valence-corrected chi connectivity index (χ2v) is 4.45. The zero-order valence-electron chi connectivity index (χ0n) is 11.8. The number of aliphatic hydroxyl groups excluding tert-OH is 1. The van der Waals surface area contributed by atoms with Crippen molar-refractivity contribution in [3.05, 3.63) is 23.0 Å². The monoisotopic (exact) mass is 281 g/mol. The van der Waals surface area contributed by atoms with Gasteiger partial charge in [0.05, 0.1) is 5.69 Å². The normalized spacial score (nSPS) is 12.6. The van der Waals surface area contributed by atoms with Crippen LogP contribution in [0.3, 0.4) is 0 Å². The van der Waals surface area contributed by atoms with Crippen LogP contribution in [0.1, 0.15) is 23.4 Å². The van der Waals surface area contributed by atoms with Gasteiger partial charge in [0, 0.05) is 37.4 Å². The summed E-state index contributed by atoms with van der Waals surface area (Å²) in [4.78, 5) is 22.5. The molecule has 1 aromatic rings.